The third-order valence-corrected chi connectivity index (χ3v) is 7.40. The van der Waals surface area contributed by atoms with Crippen LogP contribution in [0.1, 0.15) is 40.6 Å². The quantitative estimate of drug-likeness (QED) is 0.656. The molecule has 0 saturated carbocycles. The maximum absolute atomic E-state index is 13.3. The Kier molecular flexibility index (Phi) is 4.97. The number of sulfone groups is 1. The fourth-order valence-electron chi connectivity index (χ4n) is 4.24. The van der Waals surface area contributed by atoms with Crippen molar-refractivity contribution in [2.24, 2.45) is 0 Å². The molecule has 1 atom stereocenters. The van der Waals surface area contributed by atoms with Crippen molar-refractivity contribution >= 4 is 21.4 Å². The second-order valence-electron chi connectivity index (χ2n) is 7.88. The van der Waals surface area contributed by atoms with E-state index in [4.69, 9.17) is 4.74 Å². The predicted octanol–water partition coefficient (Wildman–Crippen LogP) is 3.17. The number of carbonyl (C=O) groups excluding carboxylic acids is 1. The molecule has 5 rings (SSSR count). The molecule has 1 aliphatic carbocycles. The van der Waals surface area contributed by atoms with Gasteiger partial charge in [-0.25, -0.2) is 13.4 Å². The fourth-order valence-corrected chi connectivity index (χ4v) is 5.93. The Hall–Kier alpha value is -3.20. The van der Waals surface area contributed by atoms with Crippen molar-refractivity contribution in [1.29, 1.82) is 0 Å². The zero-order chi connectivity index (χ0) is 21.4. The Morgan fingerprint density at radius 2 is 2.06 bits per heavy atom. The Balaban J connectivity index is 1.41. The summed E-state index contributed by atoms with van der Waals surface area (Å²) in [6.07, 6.45) is 4.67. The van der Waals surface area contributed by atoms with Crippen LogP contribution in [0, 0.1) is 0 Å². The minimum Gasteiger partial charge on any atom is -0.439 e. The molecular weight excluding hydrogens is 416 g/mol. The summed E-state index contributed by atoms with van der Waals surface area (Å²) in [5.74, 6) is 0.897. The molecule has 0 radical (unpaired) electrons. The number of aromatic nitrogens is 3. The monoisotopic (exact) mass is 438 g/mol. The van der Waals surface area contributed by atoms with Gasteiger partial charge in [0.1, 0.15) is 11.4 Å². The molecule has 1 unspecified atom stereocenters. The van der Waals surface area contributed by atoms with E-state index in [0.29, 0.717) is 29.4 Å². The number of fused-ring (bicyclic) bond motifs is 1. The van der Waals surface area contributed by atoms with Gasteiger partial charge in [-0.05, 0) is 43.9 Å². The van der Waals surface area contributed by atoms with Crippen molar-refractivity contribution in [2.45, 2.75) is 31.7 Å². The number of carbonyl (C=O) groups is 1. The number of hydrogen-bond acceptors (Lipinski definition) is 6. The zero-order valence-corrected chi connectivity index (χ0v) is 17.6. The van der Waals surface area contributed by atoms with Crippen molar-refractivity contribution in [3.8, 4) is 11.6 Å². The van der Waals surface area contributed by atoms with Crippen molar-refractivity contribution < 1.29 is 17.9 Å². The van der Waals surface area contributed by atoms with Crippen molar-refractivity contribution in [3.63, 3.8) is 0 Å². The Bertz CT molecular complexity index is 1240. The van der Waals surface area contributed by atoms with Crippen molar-refractivity contribution in [3.05, 3.63) is 65.6 Å². The molecule has 2 aromatic heterocycles. The minimum atomic E-state index is -3.09. The van der Waals surface area contributed by atoms with E-state index < -0.39 is 9.84 Å². The highest BCUT2D eigenvalue weighted by atomic mass is 32.2. The Morgan fingerprint density at radius 1 is 1.16 bits per heavy atom. The molecule has 1 saturated heterocycles. The largest absolute Gasteiger partial charge is 0.439 e. The van der Waals surface area contributed by atoms with Crippen LogP contribution in [0.5, 0.6) is 11.6 Å². The van der Waals surface area contributed by atoms with Gasteiger partial charge in [-0.3, -0.25) is 9.48 Å². The summed E-state index contributed by atoms with van der Waals surface area (Å²) in [4.78, 5) is 17.4. The van der Waals surface area contributed by atoms with E-state index in [9.17, 15) is 13.2 Å². The first-order valence-corrected chi connectivity index (χ1v) is 12.1. The molecule has 1 aromatic carbocycles. The first-order chi connectivity index (χ1) is 15.0. The van der Waals surface area contributed by atoms with Gasteiger partial charge in [0.25, 0.3) is 5.91 Å². The molecule has 1 amide bonds. The number of nitrogens with one attached hydrogen (secondary N) is 1. The molecule has 1 fully saturated rings. The van der Waals surface area contributed by atoms with Crippen LogP contribution >= 0.6 is 0 Å². The summed E-state index contributed by atoms with van der Waals surface area (Å²) < 4.78 is 31.4. The number of benzene rings is 1. The number of nitrogens with zero attached hydrogens (tertiary/aromatic N) is 3. The molecule has 3 heterocycles. The van der Waals surface area contributed by atoms with E-state index in [0.717, 1.165) is 30.5 Å². The molecule has 1 N–H and O–H groups in total. The maximum Gasteiger partial charge on any atom is 0.274 e. The molecule has 0 spiro atoms. The molecular formula is C22H22N4O4S. The molecule has 3 aromatic rings. The number of hydrogen-bond donors (Lipinski definition) is 1. The SMILES string of the molecule is O=C(Nc1cccc(Oc2ccccn2)c1)c1c2c(nn1C1CCS(=O)(=O)C1)CCC2. The average molecular weight is 439 g/mol. The summed E-state index contributed by atoms with van der Waals surface area (Å²) in [5, 5.41) is 7.57. The van der Waals surface area contributed by atoms with Gasteiger partial charge in [-0.1, -0.05) is 12.1 Å². The standard InChI is InChI=1S/C22H22N4O4S/c27-22(24-15-5-3-6-17(13-15)30-20-9-1-2-11-23-20)21-18-7-4-8-19(18)25-26(21)16-10-12-31(28,29)14-16/h1-3,5-6,9,11,13,16H,4,7-8,10,12,14H2,(H,24,27). The van der Waals surface area contributed by atoms with Gasteiger partial charge < -0.3 is 10.1 Å². The van der Waals surface area contributed by atoms with E-state index in [1.165, 1.54) is 0 Å². The summed E-state index contributed by atoms with van der Waals surface area (Å²) in [6, 6.07) is 12.2. The lowest BCUT2D eigenvalue weighted by molar-refractivity contribution is 0.101. The van der Waals surface area contributed by atoms with E-state index in [1.807, 2.05) is 6.07 Å². The van der Waals surface area contributed by atoms with Crippen LogP contribution in [-0.2, 0) is 22.7 Å². The third kappa shape index (κ3) is 4.05. The smallest absolute Gasteiger partial charge is 0.274 e. The fraction of sp³-hybridized carbons (Fsp3) is 0.318. The highest BCUT2D eigenvalue weighted by Gasteiger charge is 2.35. The third-order valence-electron chi connectivity index (χ3n) is 5.65. The highest BCUT2D eigenvalue weighted by Crippen LogP contribution is 2.32. The average Bonchev–Trinajstić information content (AvgIpc) is 3.42. The van der Waals surface area contributed by atoms with Gasteiger partial charge in [0.15, 0.2) is 9.84 Å². The van der Waals surface area contributed by atoms with Crippen molar-refractivity contribution in [2.75, 3.05) is 16.8 Å². The summed E-state index contributed by atoms with van der Waals surface area (Å²) >= 11 is 0. The van der Waals surface area contributed by atoms with Crippen LogP contribution < -0.4 is 10.1 Å². The number of amides is 1. The maximum atomic E-state index is 13.3. The minimum absolute atomic E-state index is 0.0290. The molecule has 160 valence electrons. The van der Waals surface area contributed by atoms with Gasteiger partial charge in [0, 0.05) is 29.6 Å². The predicted molar refractivity (Wildman–Crippen MR) is 115 cm³/mol. The molecule has 2 aliphatic rings. The van der Waals surface area contributed by atoms with E-state index in [1.54, 1.807) is 47.3 Å². The van der Waals surface area contributed by atoms with E-state index in [2.05, 4.69) is 15.4 Å². The molecule has 31 heavy (non-hydrogen) atoms. The van der Waals surface area contributed by atoms with Crippen molar-refractivity contribution in [1.82, 2.24) is 14.8 Å². The van der Waals surface area contributed by atoms with Crippen LogP contribution in [0.2, 0.25) is 0 Å². The lowest BCUT2D eigenvalue weighted by Gasteiger charge is -2.15. The van der Waals surface area contributed by atoms with Crippen LogP contribution in [-0.4, -0.2) is 40.6 Å². The van der Waals surface area contributed by atoms with Crippen LogP contribution in [0.25, 0.3) is 0 Å². The van der Waals surface area contributed by atoms with Crippen LogP contribution in [0.3, 0.4) is 0 Å². The second-order valence-corrected chi connectivity index (χ2v) is 10.1. The van der Waals surface area contributed by atoms with Crippen LogP contribution in [0.15, 0.2) is 48.7 Å². The van der Waals surface area contributed by atoms with Gasteiger partial charge in [-0.2, -0.15) is 5.10 Å². The van der Waals surface area contributed by atoms with E-state index in [-0.39, 0.29) is 23.5 Å². The number of aryl methyl sites for hydroxylation is 1. The highest BCUT2D eigenvalue weighted by molar-refractivity contribution is 7.91. The molecule has 9 heteroatoms. The summed E-state index contributed by atoms with van der Waals surface area (Å²) in [5.41, 5.74) is 2.90. The number of anilines is 1. The zero-order valence-electron chi connectivity index (χ0n) is 16.8. The van der Waals surface area contributed by atoms with Gasteiger partial charge in [0.2, 0.25) is 5.88 Å². The van der Waals surface area contributed by atoms with Gasteiger partial charge >= 0.3 is 0 Å². The number of pyridine rings is 1. The summed E-state index contributed by atoms with van der Waals surface area (Å²) in [6.45, 7) is 0. The second kappa shape index (κ2) is 7.81. The lowest BCUT2D eigenvalue weighted by atomic mass is 10.1. The Morgan fingerprint density at radius 3 is 2.84 bits per heavy atom. The van der Waals surface area contributed by atoms with Gasteiger partial charge in [0.05, 0.1) is 23.2 Å². The molecule has 1 aliphatic heterocycles. The van der Waals surface area contributed by atoms with Gasteiger partial charge in [-0.15, -0.1) is 0 Å². The lowest BCUT2D eigenvalue weighted by Crippen LogP contribution is -2.23. The number of ether oxygens (including phenoxy) is 1. The van der Waals surface area contributed by atoms with Crippen LogP contribution in [0.4, 0.5) is 5.69 Å². The molecule has 8 nitrogen and oxygen atoms in total. The summed E-state index contributed by atoms with van der Waals surface area (Å²) in [7, 11) is -3.09. The molecule has 0 bridgehead atoms. The first kappa shape index (κ1) is 19.7. The topological polar surface area (TPSA) is 103 Å². The first-order valence-electron chi connectivity index (χ1n) is 10.3. The van der Waals surface area contributed by atoms with E-state index >= 15 is 0 Å². The normalized spacial score (nSPS) is 19.2. The number of rotatable bonds is 5. The Labute approximate surface area is 180 Å².